The highest BCUT2D eigenvalue weighted by Crippen LogP contribution is 2.42. The maximum absolute atomic E-state index is 14.6. The highest BCUT2D eigenvalue weighted by atomic mass is 16.7. The Balaban J connectivity index is 2.25. The molecule has 372 valence electrons. The van der Waals surface area contributed by atoms with E-state index in [1.807, 2.05) is 65.4 Å². The second-order valence-electron chi connectivity index (χ2n) is 19.6. The van der Waals surface area contributed by atoms with Gasteiger partial charge in [0.1, 0.15) is 23.1 Å². The number of carbonyl (C=O) groups is 4. The van der Waals surface area contributed by atoms with Gasteiger partial charge in [-0.05, 0) is 93.9 Å². The molecule has 0 amide bonds. The number of cyclic esters (lactones) is 1. The van der Waals surface area contributed by atoms with E-state index < -0.39 is 114 Å². The molecule has 0 aromatic heterocycles. The Bertz CT molecular complexity index is 1530. The number of Topliss-reactive ketones (excluding diaryl/α,β-unsaturated/α-hetero) is 1. The van der Waals surface area contributed by atoms with E-state index in [1.165, 1.54) is 28.1 Å². The lowest BCUT2D eigenvalue weighted by Crippen LogP contribution is -2.61. The van der Waals surface area contributed by atoms with Gasteiger partial charge in [0.2, 0.25) is 0 Å². The van der Waals surface area contributed by atoms with Crippen LogP contribution in [-0.4, -0.2) is 176 Å². The molecule has 0 aromatic carbocycles. The van der Waals surface area contributed by atoms with E-state index in [0.29, 0.717) is 19.5 Å². The molecule has 17 nitrogen and oxygen atoms in total. The number of aliphatic hydroxyl groups excluding tert-OH is 1. The zero-order valence-corrected chi connectivity index (χ0v) is 41.9. The van der Waals surface area contributed by atoms with E-state index in [2.05, 4.69) is 0 Å². The summed E-state index contributed by atoms with van der Waals surface area (Å²) in [6, 6.07) is -0.296. The van der Waals surface area contributed by atoms with Gasteiger partial charge in [-0.25, -0.2) is 0 Å². The summed E-state index contributed by atoms with van der Waals surface area (Å²) in [5, 5.41) is 23.4. The fourth-order valence-corrected chi connectivity index (χ4v) is 10.0. The molecule has 0 radical (unpaired) electrons. The molecule has 64 heavy (non-hydrogen) atoms. The first-order valence-electron chi connectivity index (χ1n) is 23.3. The SMILES string of the molecule is CC[C@H]1OC(=O)[C@H](C)[C@@H](O[C@H]2C[C@@](C)(OC)C(OC(=O)CN(CC)CC)[C@H](C)O2)[C@H](C)[C@@H](O[C@@H]2O[C@H](C)C[C@H](N(C)C)[C@H]2OC(C)=O)[C@](C)(OC)C[C@@H](C)C(=O)C[C@H](C)[C@@H](O)[C@]1(C)O. The molecular formula is C47H84N2O15. The third-order valence-electron chi connectivity index (χ3n) is 14.2. The second kappa shape index (κ2) is 23.6. The monoisotopic (exact) mass is 917 g/mol. The Morgan fingerprint density at radius 3 is 1.97 bits per heavy atom. The third kappa shape index (κ3) is 13.4. The van der Waals surface area contributed by atoms with E-state index in [9.17, 15) is 29.4 Å². The van der Waals surface area contributed by atoms with Gasteiger partial charge in [0.05, 0.1) is 54.6 Å². The van der Waals surface area contributed by atoms with Gasteiger partial charge in [0.25, 0.3) is 0 Å². The van der Waals surface area contributed by atoms with Crippen LogP contribution in [-0.2, 0) is 61.8 Å². The van der Waals surface area contributed by atoms with Crippen LogP contribution in [0.15, 0.2) is 0 Å². The molecule has 1 unspecified atom stereocenters. The van der Waals surface area contributed by atoms with Gasteiger partial charge >= 0.3 is 17.9 Å². The average molecular weight is 917 g/mol. The van der Waals surface area contributed by atoms with Crippen LogP contribution < -0.4 is 0 Å². The topological polar surface area (TPSA) is 198 Å². The molecule has 3 heterocycles. The second-order valence-corrected chi connectivity index (χ2v) is 19.6. The summed E-state index contributed by atoms with van der Waals surface area (Å²) >= 11 is 0. The van der Waals surface area contributed by atoms with E-state index in [1.54, 1.807) is 34.6 Å². The molecule has 17 heteroatoms. The predicted molar refractivity (Wildman–Crippen MR) is 237 cm³/mol. The molecular weight excluding hydrogens is 833 g/mol. The summed E-state index contributed by atoms with van der Waals surface area (Å²) in [7, 11) is 6.83. The lowest BCUT2D eigenvalue weighted by molar-refractivity contribution is -0.320. The predicted octanol–water partition coefficient (Wildman–Crippen LogP) is 4.29. The Morgan fingerprint density at radius 1 is 0.844 bits per heavy atom. The number of methoxy groups -OCH3 is 2. The van der Waals surface area contributed by atoms with Crippen molar-refractivity contribution >= 4 is 23.7 Å². The molecule has 2 N–H and O–H groups in total. The molecule has 0 bridgehead atoms. The maximum atomic E-state index is 14.6. The number of rotatable bonds is 14. The Hall–Kier alpha value is -2.32. The van der Waals surface area contributed by atoms with Crippen molar-refractivity contribution in [3.8, 4) is 0 Å². The Labute approximate surface area is 382 Å². The molecule has 3 aliphatic heterocycles. The molecule has 0 aromatic rings. The smallest absolute Gasteiger partial charge is 0.320 e. The summed E-state index contributed by atoms with van der Waals surface area (Å²) in [5.41, 5.74) is -4.31. The van der Waals surface area contributed by atoms with E-state index in [-0.39, 0.29) is 50.2 Å². The van der Waals surface area contributed by atoms with Gasteiger partial charge < -0.3 is 57.7 Å². The van der Waals surface area contributed by atoms with Crippen LogP contribution in [0.5, 0.6) is 0 Å². The van der Waals surface area contributed by atoms with Crippen molar-refractivity contribution < 1.29 is 72.0 Å². The molecule has 3 fully saturated rings. The molecule has 18 atom stereocenters. The summed E-state index contributed by atoms with van der Waals surface area (Å²) < 4.78 is 57.6. The highest BCUT2D eigenvalue weighted by Gasteiger charge is 2.54. The number of ether oxygens (including phenoxy) is 9. The summed E-state index contributed by atoms with van der Waals surface area (Å²) in [5.74, 6) is -5.06. The minimum absolute atomic E-state index is 0.0740. The number of likely N-dealkylation sites (N-methyl/N-ethyl adjacent to an activating group) is 2. The summed E-state index contributed by atoms with van der Waals surface area (Å²) in [4.78, 5) is 58.4. The largest absolute Gasteiger partial charge is 0.459 e. The Morgan fingerprint density at radius 2 is 1.44 bits per heavy atom. The fraction of sp³-hybridized carbons (Fsp3) is 0.915. The standard InChI is InChI=1S/C47H84N2O15/c1-18-35-47(13,55)40(53)26(4)21-34(51)27(5)23-45(11,56-16)41(64-44-39(60-32(10)50)33(48(14)15)22-28(6)58-44)29(7)38(30(8)43(54)61-35)63-37-24-46(12,57-17)42(31(9)59-37)62-36(52)25-49(19-2)20-3/h26-31,33,35,37-42,44,53,55H,18-25H2,1-17H3/t26-,27+,28+,29-,30+,31-,33-,35+,37-,38-,39+,40+,41+,42?,44-,45+,46+,47+/m0/s1. The highest BCUT2D eigenvalue weighted by molar-refractivity contribution is 5.81. The van der Waals surface area contributed by atoms with Gasteiger partial charge in [0.15, 0.2) is 24.8 Å². The van der Waals surface area contributed by atoms with Crippen molar-refractivity contribution in [1.82, 2.24) is 9.80 Å². The van der Waals surface area contributed by atoms with Gasteiger partial charge in [-0.3, -0.25) is 24.1 Å². The van der Waals surface area contributed by atoms with Crippen molar-refractivity contribution in [1.29, 1.82) is 0 Å². The van der Waals surface area contributed by atoms with Crippen LogP contribution in [0.2, 0.25) is 0 Å². The van der Waals surface area contributed by atoms with Crippen LogP contribution in [0.1, 0.15) is 122 Å². The van der Waals surface area contributed by atoms with Gasteiger partial charge in [0, 0.05) is 45.8 Å². The first kappa shape index (κ1) is 56.0. The minimum Gasteiger partial charge on any atom is -0.459 e. The number of ketones is 1. The number of hydrogen-bond donors (Lipinski definition) is 2. The quantitative estimate of drug-likeness (QED) is 0.185. The van der Waals surface area contributed by atoms with Crippen molar-refractivity contribution in [2.75, 3.05) is 47.9 Å². The van der Waals surface area contributed by atoms with E-state index in [0.717, 1.165) is 0 Å². The molecule has 0 saturated carbocycles. The summed E-state index contributed by atoms with van der Waals surface area (Å²) in [6.45, 7) is 24.1. The van der Waals surface area contributed by atoms with Crippen molar-refractivity contribution in [2.24, 2.45) is 23.7 Å². The van der Waals surface area contributed by atoms with Gasteiger partial charge in [-0.2, -0.15) is 0 Å². The first-order chi connectivity index (χ1) is 29.7. The number of hydrogen-bond acceptors (Lipinski definition) is 17. The lowest BCUT2D eigenvalue weighted by Gasteiger charge is -2.50. The van der Waals surface area contributed by atoms with Crippen LogP contribution in [0, 0.1) is 23.7 Å². The fourth-order valence-electron chi connectivity index (χ4n) is 10.0. The zero-order chi connectivity index (χ0) is 48.6. The molecule has 3 rings (SSSR count). The molecule has 3 aliphatic rings. The van der Waals surface area contributed by atoms with Crippen molar-refractivity contribution in [3.05, 3.63) is 0 Å². The number of aliphatic hydroxyl groups is 2. The van der Waals surface area contributed by atoms with Crippen LogP contribution in [0.3, 0.4) is 0 Å². The minimum atomic E-state index is -1.93. The third-order valence-corrected chi connectivity index (χ3v) is 14.2. The van der Waals surface area contributed by atoms with Crippen molar-refractivity contribution in [2.45, 2.75) is 206 Å². The van der Waals surface area contributed by atoms with Crippen LogP contribution >= 0.6 is 0 Å². The number of nitrogens with zero attached hydrogens (tertiary/aromatic N) is 2. The number of carbonyl (C=O) groups excluding carboxylic acids is 4. The van der Waals surface area contributed by atoms with Crippen molar-refractivity contribution in [3.63, 3.8) is 0 Å². The first-order valence-corrected chi connectivity index (χ1v) is 23.3. The number of esters is 3. The van der Waals surface area contributed by atoms with Gasteiger partial charge in [-0.1, -0.05) is 41.5 Å². The van der Waals surface area contributed by atoms with Crippen LogP contribution in [0.25, 0.3) is 0 Å². The lowest BCUT2D eigenvalue weighted by atomic mass is 9.76. The average Bonchev–Trinajstić information content (AvgIpc) is 3.23. The van der Waals surface area contributed by atoms with E-state index >= 15 is 0 Å². The maximum Gasteiger partial charge on any atom is 0.320 e. The van der Waals surface area contributed by atoms with Crippen LogP contribution in [0.4, 0.5) is 0 Å². The molecule has 0 aliphatic carbocycles. The molecule has 0 spiro atoms. The zero-order valence-electron chi connectivity index (χ0n) is 41.9. The summed E-state index contributed by atoms with van der Waals surface area (Å²) in [6.07, 6.45) is -8.76. The Kier molecular flexibility index (Phi) is 20.7. The molecule has 3 saturated heterocycles. The van der Waals surface area contributed by atoms with Gasteiger partial charge in [-0.15, -0.1) is 0 Å². The normalized spacial score (nSPS) is 42.1. The van der Waals surface area contributed by atoms with E-state index in [4.69, 9.17) is 42.6 Å².